The van der Waals surface area contributed by atoms with E-state index in [2.05, 4.69) is 24.4 Å². The van der Waals surface area contributed by atoms with Crippen LogP contribution in [0.2, 0.25) is 5.02 Å². The summed E-state index contributed by atoms with van der Waals surface area (Å²) in [5.41, 5.74) is 2.54. The summed E-state index contributed by atoms with van der Waals surface area (Å²) in [6.07, 6.45) is 2.71. The Balaban J connectivity index is 2.25. The summed E-state index contributed by atoms with van der Waals surface area (Å²) in [5, 5.41) is 4.24. The van der Waals surface area contributed by atoms with Gasteiger partial charge in [0.05, 0.1) is 0 Å². The van der Waals surface area contributed by atoms with Gasteiger partial charge in [0.25, 0.3) is 0 Å². The molecule has 1 nitrogen and oxygen atoms in total. The fraction of sp³-hybridized carbons (Fsp3) is 0.500. The lowest BCUT2D eigenvalue weighted by Gasteiger charge is -2.16. The average molecular weight is 210 g/mol. The van der Waals surface area contributed by atoms with E-state index >= 15 is 0 Å². The molecule has 0 aromatic heterocycles. The molecule has 0 amide bonds. The van der Waals surface area contributed by atoms with Gasteiger partial charge in [-0.05, 0) is 49.9 Å². The van der Waals surface area contributed by atoms with Gasteiger partial charge in [-0.1, -0.05) is 23.7 Å². The van der Waals surface area contributed by atoms with Gasteiger partial charge in [-0.2, -0.15) is 0 Å². The van der Waals surface area contributed by atoms with E-state index in [1.54, 1.807) is 0 Å². The summed E-state index contributed by atoms with van der Waals surface area (Å²) < 4.78 is 0. The van der Waals surface area contributed by atoms with Crippen LogP contribution in [0.15, 0.2) is 18.2 Å². The van der Waals surface area contributed by atoms with Crippen molar-refractivity contribution in [2.24, 2.45) is 5.92 Å². The third-order valence-corrected chi connectivity index (χ3v) is 3.37. The minimum Gasteiger partial charge on any atom is -0.313 e. The van der Waals surface area contributed by atoms with E-state index in [4.69, 9.17) is 11.6 Å². The zero-order chi connectivity index (χ0) is 10.1. The van der Waals surface area contributed by atoms with Crippen LogP contribution in [-0.2, 0) is 0 Å². The van der Waals surface area contributed by atoms with Gasteiger partial charge in [-0.25, -0.2) is 0 Å². The van der Waals surface area contributed by atoms with Crippen LogP contribution < -0.4 is 5.32 Å². The molecule has 1 aromatic rings. The van der Waals surface area contributed by atoms with E-state index in [0.29, 0.717) is 6.04 Å². The molecule has 76 valence electrons. The zero-order valence-corrected chi connectivity index (χ0v) is 9.43. The summed E-state index contributed by atoms with van der Waals surface area (Å²) in [7, 11) is 2.03. The Morgan fingerprint density at radius 1 is 1.43 bits per heavy atom. The molecule has 0 spiro atoms. The highest BCUT2D eigenvalue weighted by Gasteiger charge is 2.31. The molecular weight excluding hydrogens is 194 g/mol. The van der Waals surface area contributed by atoms with Crippen LogP contribution in [0, 0.1) is 12.8 Å². The maximum Gasteiger partial charge on any atom is 0.0435 e. The topological polar surface area (TPSA) is 12.0 Å². The van der Waals surface area contributed by atoms with Gasteiger partial charge in [0.15, 0.2) is 0 Å². The Morgan fingerprint density at radius 2 is 2.14 bits per heavy atom. The van der Waals surface area contributed by atoms with Crippen LogP contribution >= 0.6 is 11.6 Å². The van der Waals surface area contributed by atoms with Gasteiger partial charge in [-0.15, -0.1) is 0 Å². The quantitative estimate of drug-likeness (QED) is 0.806. The lowest BCUT2D eigenvalue weighted by atomic mass is 10.0. The second-order valence-electron chi connectivity index (χ2n) is 4.11. The molecule has 1 unspecified atom stereocenters. The largest absolute Gasteiger partial charge is 0.313 e. The minimum absolute atomic E-state index is 0.519. The van der Waals surface area contributed by atoms with Gasteiger partial charge in [0.2, 0.25) is 0 Å². The van der Waals surface area contributed by atoms with E-state index in [-0.39, 0.29) is 0 Å². The molecule has 0 saturated heterocycles. The molecule has 0 radical (unpaired) electrons. The van der Waals surface area contributed by atoms with Crippen molar-refractivity contribution < 1.29 is 0 Å². The van der Waals surface area contributed by atoms with Crippen LogP contribution in [0.3, 0.4) is 0 Å². The molecule has 2 rings (SSSR count). The monoisotopic (exact) mass is 209 g/mol. The highest BCUT2D eigenvalue weighted by atomic mass is 35.5. The predicted molar refractivity (Wildman–Crippen MR) is 60.7 cm³/mol. The van der Waals surface area contributed by atoms with Crippen molar-refractivity contribution in [3.05, 3.63) is 34.3 Å². The number of benzene rings is 1. The minimum atomic E-state index is 0.519. The first-order valence-corrected chi connectivity index (χ1v) is 5.53. The molecule has 1 N–H and O–H groups in total. The normalized spacial score (nSPS) is 18.2. The fourth-order valence-electron chi connectivity index (χ4n) is 1.97. The Morgan fingerprint density at radius 3 is 2.64 bits per heavy atom. The maximum atomic E-state index is 6.00. The average Bonchev–Trinajstić information content (AvgIpc) is 2.96. The summed E-state index contributed by atoms with van der Waals surface area (Å²) in [6.45, 7) is 2.06. The molecule has 1 aliphatic rings. The fourth-order valence-corrected chi connectivity index (χ4v) is 2.08. The second kappa shape index (κ2) is 3.92. The van der Waals surface area contributed by atoms with Crippen molar-refractivity contribution >= 4 is 11.6 Å². The molecule has 1 aliphatic carbocycles. The molecule has 0 heterocycles. The van der Waals surface area contributed by atoms with Crippen molar-refractivity contribution in [3.63, 3.8) is 0 Å². The molecule has 0 bridgehead atoms. The highest BCUT2D eigenvalue weighted by molar-refractivity contribution is 6.31. The smallest absolute Gasteiger partial charge is 0.0435 e. The lowest BCUT2D eigenvalue weighted by molar-refractivity contribution is 0.528. The van der Waals surface area contributed by atoms with Crippen LogP contribution in [0.25, 0.3) is 0 Å². The van der Waals surface area contributed by atoms with Crippen LogP contribution in [0.4, 0.5) is 0 Å². The standard InChI is InChI=1S/C12H16ClN/c1-8-7-10(5-6-11(8)13)12(14-2)9-3-4-9/h5-7,9,12,14H,3-4H2,1-2H3. The molecule has 1 fully saturated rings. The third kappa shape index (κ3) is 1.94. The molecule has 14 heavy (non-hydrogen) atoms. The van der Waals surface area contributed by atoms with Crippen LogP contribution in [-0.4, -0.2) is 7.05 Å². The number of aryl methyl sites for hydroxylation is 1. The maximum absolute atomic E-state index is 6.00. The van der Waals surface area contributed by atoms with Crippen molar-refractivity contribution in [2.45, 2.75) is 25.8 Å². The Kier molecular flexibility index (Phi) is 2.80. The Bertz CT molecular complexity index is 331. The summed E-state index contributed by atoms with van der Waals surface area (Å²) in [5.74, 6) is 0.834. The van der Waals surface area contributed by atoms with E-state index in [1.807, 2.05) is 13.1 Å². The van der Waals surface area contributed by atoms with Gasteiger partial charge < -0.3 is 5.32 Å². The number of hydrogen-bond donors (Lipinski definition) is 1. The molecule has 0 aliphatic heterocycles. The van der Waals surface area contributed by atoms with Gasteiger partial charge in [-0.3, -0.25) is 0 Å². The first kappa shape index (κ1) is 10.0. The van der Waals surface area contributed by atoms with E-state index in [9.17, 15) is 0 Å². The number of halogens is 1. The summed E-state index contributed by atoms with van der Waals surface area (Å²) >= 11 is 6.00. The Hall–Kier alpha value is -0.530. The number of hydrogen-bond acceptors (Lipinski definition) is 1. The molecule has 2 heteroatoms. The molecule has 1 aromatic carbocycles. The van der Waals surface area contributed by atoms with Crippen LogP contribution in [0.5, 0.6) is 0 Å². The lowest BCUT2D eigenvalue weighted by Crippen LogP contribution is -2.18. The van der Waals surface area contributed by atoms with Crippen molar-refractivity contribution in [2.75, 3.05) is 7.05 Å². The second-order valence-corrected chi connectivity index (χ2v) is 4.52. The molecular formula is C12H16ClN. The molecule has 1 atom stereocenters. The summed E-state index contributed by atoms with van der Waals surface area (Å²) in [4.78, 5) is 0. The van der Waals surface area contributed by atoms with Gasteiger partial charge in [0.1, 0.15) is 0 Å². The van der Waals surface area contributed by atoms with Crippen molar-refractivity contribution in [3.8, 4) is 0 Å². The summed E-state index contributed by atoms with van der Waals surface area (Å²) in [6, 6.07) is 6.85. The third-order valence-electron chi connectivity index (χ3n) is 2.95. The van der Waals surface area contributed by atoms with Gasteiger partial charge >= 0.3 is 0 Å². The number of rotatable bonds is 3. The molecule has 1 saturated carbocycles. The van der Waals surface area contributed by atoms with E-state index < -0.39 is 0 Å². The van der Waals surface area contributed by atoms with Gasteiger partial charge in [0, 0.05) is 11.1 Å². The first-order chi connectivity index (χ1) is 6.72. The zero-order valence-electron chi connectivity index (χ0n) is 8.68. The number of nitrogens with one attached hydrogen (secondary N) is 1. The predicted octanol–water partition coefficient (Wildman–Crippen LogP) is 3.32. The first-order valence-electron chi connectivity index (χ1n) is 5.15. The van der Waals surface area contributed by atoms with E-state index in [0.717, 1.165) is 10.9 Å². The SMILES string of the molecule is CNC(c1ccc(Cl)c(C)c1)C1CC1. The highest BCUT2D eigenvalue weighted by Crippen LogP contribution is 2.41. The van der Waals surface area contributed by atoms with Crippen LogP contribution in [0.1, 0.15) is 30.0 Å². The van der Waals surface area contributed by atoms with Crippen molar-refractivity contribution in [1.29, 1.82) is 0 Å². The van der Waals surface area contributed by atoms with Crippen molar-refractivity contribution in [1.82, 2.24) is 5.32 Å². The Labute approximate surface area is 90.5 Å². The van der Waals surface area contributed by atoms with E-state index in [1.165, 1.54) is 24.0 Å².